The standard InChI is InChI=1S/C24H15F3N2O/c25-24(26,27)15-7-5-14(6-8-15)23(19-12-28-21-4-2-1-3-17(19)21)20-13-29-22-10-9-16(30)11-18(20)22/h1-13,28,30H/p+1/b23-20+. The number of allylic oxidation sites excluding steroid dienone is 1. The highest BCUT2D eigenvalue weighted by Crippen LogP contribution is 2.39. The van der Waals surface area contributed by atoms with Crippen LogP contribution in [-0.2, 0) is 6.18 Å². The van der Waals surface area contributed by atoms with Crippen LogP contribution in [0.5, 0.6) is 5.75 Å². The zero-order chi connectivity index (χ0) is 20.9. The molecule has 0 bridgehead atoms. The van der Waals surface area contributed by atoms with Crippen molar-refractivity contribution in [3.63, 3.8) is 0 Å². The molecule has 0 radical (unpaired) electrons. The monoisotopic (exact) mass is 405 g/mol. The molecule has 1 aromatic heterocycles. The molecule has 0 unspecified atom stereocenters. The maximum atomic E-state index is 13.1. The average molecular weight is 405 g/mol. The number of rotatable bonds is 2. The van der Waals surface area contributed by atoms with Crippen molar-refractivity contribution in [2.75, 3.05) is 0 Å². The molecular weight excluding hydrogens is 389 g/mol. The lowest BCUT2D eigenvalue weighted by Gasteiger charge is -2.12. The van der Waals surface area contributed by atoms with Gasteiger partial charge in [-0.25, -0.2) is 4.99 Å². The Hall–Kier alpha value is -3.80. The van der Waals surface area contributed by atoms with Crippen molar-refractivity contribution in [3.8, 4) is 5.75 Å². The fourth-order valence-corrected chi connectivity index (χ4v) is 3.88. The molecule has 0 fully saturated rings. The van der Waals surface area contributed by atoms with Gasteiger partial charge in [0, 0.05) is 34.3 Å². The highest BCUT2D eigenvalue weighted by Gasteiger charge is 2.31. The molecule has 0 saturated heterocycles. The molecule has 2 heterocycles. The average Bonchev–Trinajstić information content (AvgIpc) is 3.33. The van der Waals surface area contributed by atoms with E-state index in [1.807, 2.05) is 36.7 Å². The van der Waals surface area contributed by atoms with Crippen LogP contribution in [0.3, 0.4) is 0 Å². The van der Waals surface area contributed by atoms with E-state index in [1.54, 1.807) is 18.2 Å². The first-order chi connectivity index (χ1) is 14.4. The zero-order valence-electron chi connectivity index (χ0n) is 15.6. The van der Waals surface area contributed by atoms with Crippen LogP contribution in [-0.4, -0.2) is 16.3 Å². The fourth-order valence-electron chi connectivity index (χ4n) is 3.88. The fraction of sp³-hybridized carbons (Fsp3) is 0.0417. The number of alkyl halides is 3. The van der Waals surface area contributed by atoms with Crippen LogP contribution in [0.4, 0.5) is 18.9 Å². The van der Waals surface area contributed by atoms with Crippen LogP contribution in [0.15, 0.2) is 72.9 Å². The lowest BCUT2D eigenvalue weighted by molar-refractivity contribution is -0.342. The van der Waals surface area contributed by atoms with Crippen LogP contribution < -0.4 is 4.99 Å². The van der Waals surface area contributed by atoms with E-state index >= 15 is 0 Å². The van der Waals surface area contributed by atoms with Gasteiger partial charge in [0.15, 0.2) is 6.21 Å². The highest BCUT2D eigenvalue weighted by atomic mass is 19.4. The number of halogens is 3. The van der Waals surface area contributed by atoms with Gasteiger partial charge in [0.2, 0.25) is 5.69 Å². The molecule has 0 atom stereocenters. The van der Waals surface area contributed by atoms with Gasteiger partial charge in [-0.1, -0.05) is 30.3 Å². The van der Waals surface area contributed by atoms with Gasteiger partial charge in [0.25, 0.3) is 0 Å². The molecule has 5 rings (SSSR count). The molecule has 0 saturated carbocycles. The number of fused-ring (bicyclic) bond motifs is 2. The van der Waals surface area contributed by atoms with Crippen LogP contribution in [0.25, 0.3) is 22.0 Å². The second kappa shape index (κ2) is 6.62. The number of aromatic amines is 1. The lowest BCUT2D eigenvalue weighted by Crippen LogP contribution is -2.58. The van der Waals surface area contributed by atoms with Gasteiger partial charge < -0.3 is 10.1 Å². The first kappa shape index (κ1) is 18.2. The molecule has 1 aliphatic heterocycles. The Kier molecular flexibility index (Phi) is 4.03. The lowest BCUT2D eigenvalue weighted by atomic mass is 9.89. The Balaban J connectivity index is 1.79. The van der Waals surface area contributed by atoms with E-state index in [4.69, 9.17) is 0 Å². The molecule has 30 heavy (non-hydrogen) atoms. The molecule has 4 aromatic rings. The minimum Gasteiger partial charge on any atom is -0.508 e. The number of hydrogen-bond donors (Lipinski definition) is 3. The highest BCUT2D eigenvalue weighted by molar-refractivity contribution is 6.24. The van der Waals surface area contributed by atoms with Crippen molar-refractivity contribution in [2.24, 2.45) is 0 Å². The summed E-state index contributed by atoms with van der Waals surface area (Å²) in [5, 5.41) is 11.0. The van der Waals surface area contributed by atoms with Crippen molar-refractivity contribution in [2.45, 2.75) is 6.18 Å². The summed E-state index contributed by atoms with van der Waals surface area (Å²) >= 11 is 0. The topological polar surface area (TPSA) is 50.0 Å². The summed E-state index contributed by atoms with van der Waals surface area (Å²) in [6.45, 7) is 0. The second-order valence-corrected chi connectivity index (χ2v) is 7.13. The molecule has 0 spiro atoms. The molecule has 3 N–H and O–H groups in total. The van der Waals surface area contributed by atoms with Gasteiger partial charge in [-0.3, -0.25) is 0 Å². The summed E-state index contributed by atoms with van der Waals surface area (Å²) in [6, 6.07) is 17.9. The van der Waals surface area contributed by atoms with E-state index in [0.717, 1.165) is 51.0 Å². The van der Waals surface area contributed by atoms with E-state index in [9.17, 15) is 18.3 Å². The van der Waals surface area contributed by atoms with Crippen molar-refractivity contribution in [1.82, 2.24) is 4.98 Å². The van der Waals surface area contributed by atoms with E-state index in [1.165, 1.54) is 12.1 Å². The van der Waals surface area contributed by atoms with Crippen LogP contribution >= 0.6 is 0 Å². The molecule has 0 aliphatic carbocycles. The van der Waals surface area contributed by atoms with Gasteiger partial charge in [-0.15, -0.1) is 0 Å². The summed E-state index contributed by atoms with van der Waals surface area (Å²) in [6.07, 6.45) is -0.718. The molecule has 0 amide bonds. The predicted molar refractivity (Wildman–Crippen MR) is 110 cm³/mol. The van der Waals surface area contributed by atoms with Gasteiger partial charge in [0.1, 0.15) is 5.75 Å². The number of phenolic OH excluding ortho intramolecular Hbond substituents is 1. The quantitative estimate of drug-likeness (QED) is 0.418. The Morgan fingerprint density at radius 3 is 2.47 bits per heavy atom. The Morgan fingerprint density at radius 2 is 1.70 bits per heavy atom. The number of H-pyrrole nitrogens is 1. The molecule has 3 nitrogen and oxygen atoms in total. The third-order valence-electron chi connectivity index (χ3n) is 5.29. The zero-order valence-corrected chi connectivity index (χ0v) is 15.6. The molecule has 6 heteroatoms. The Labute approximate surface area is 169 Å². The second-order valence-electron chi connectivity index (χ2n) is 7.13. The van der Waals surface area contributed by atoms with Crippen LogP contribution in [0, 0.1) is 0 Å². The largest absolute Gasteiger partial charge is 0.508 e. The normalized spacial score (nSPS) is 14.9. The summed E-state index contributed by atoms with van der Waals surface area (Å²) < 4.78 is 39.3. The van der Waals surface area contributed by atoms with Crippen molar-refractivity contribution >= 4 is 34.0 Å². The molecule has 148 valence electrons. The third-order valence-corrected chi connectivity index (χ3v) is 5.29. The van der Waals surface area contributed by atoms with E-state index in [2.05, 4.69) is 9.98 Å². The summed E-state index contributed by atoms with van der Waals surface area (Å²) in [5.74, 6) is 0.119. The minimum atomic E-state index is -4.40. The number of hydrogen-bond acceptors (Lipinski definition) is 1. The summed E-state index contributed by atoms with van der Waals surface area (Å²) in [5.41, 5.74) is 4.94. The van der Waals surface area contributed by atoms with Gasteiger partial charge >= 0.3 is 6.18 Å². The number of phenols is 1. The summed E-state index contributed by atoms with van der Waals surface area (Å²) in [4.78, 5) is 6.42. The number of aromatic hydroxyl groups is 1. The third kappa shape index (κ3) is 2.97. The molecule has 3 aromatic carbocycles. The van der Waals surface area contributed by atoms with E-state index in [-0.39, 0.29) is 5.75 Å². The Morgan fingerprint density at radius 1 is 0.933 bits per heavy atom. The SMILES string of the molecule is Oc1ccc2c(c1)/C(=C(\c1ccc(C(F)(F)F)cc1)c1c[nH]c3ccccc13)C=[NH+]2. The van der Waals surface area contributed by atoms with Gasteiger partial charge in [-0.2, -0.15) is 13.2 Å². The van der Waals surface area contributed by atoms with Crippen LogP contribution in [0.2, 0.25) is 0 Å². The number of para-hydroxylation sites is 1. The first-order valence-electron chi connectivity index (χ1n) is 9.33. The minimum absolute atomic E-state index is 0.119. The number of benzene rings is 3. The maximum Gasteiger partial charge on any atom is 0.416 e. The van der Waals surface area contributed by atoms with Crippen molar-refractivity contribution < 1.29 is 23.3 Å². The van der Waals surface area contributed by atoms with Crippen LogP contribution in [0.1, 0.15) is 22.3 Å². The van der Waals surface area contributed by atoms with Gasteiger partial charge in [-0.05, 0) is 35.9 Å². The van der Waals surface area contributed by atoms with Gasteiger partial charge in [0.05, 0.1) is 16.7 Å². The molecular formula is C24H16F3N2O+. The van der Waals surface area contributed by atoms with E-state index < -0.39 is 11.7 Å². The Bertz CT molecular complexity index is 1330. The van der Waals surface area contributed by atoms with E-state index in [0.29, 0.717) is 5.56 Å². The van der Waals surface area contributed by atoms with Crippen molar-refractivity contribution in [1.29, 1.82) is 0 Å². The number of aromatic nitrogens is 1. The number of nitrogens with one attached hydrogen (secondary N) is 2. The maximum absolute atomic E-state index is 13.1. The van der Waals surface area contributed by atoms with Crippen molar-refractivity contribution in [3.05, 3.63) is 95.2 Å². The summed E-state index contributed by atoms with van der Waals surface area (Å²) in [7, 11) is 0. The first-order valence-corrected chi connectivity index (χ1v) is 9.33. The predicted octanol–water partition coefficient (Wildman–Crippen LogP) is 4.65. The smallest absolute Gasteiger partial charge is 0.416 e. The molecule has 1 aliphatic rings.